The number of hydrogen-bond acceptors (Lipinski definition) is 3. The van der Waals surface area contributed by atoms with Gasteiger partial charge in [-0.1, -0.05) is 19.8 Å². The molecule has 0 amide bonds. The van der Waals surface area contributed by atoms with Gasteiger partial charge in [0.2, 0.25) is 0 Å². The zero-order valence-electron chi connectivity index (χ0n) is 11.1. The predicted molar refractivity (Wildman–Crippen MR) is 63.5 cm³/mol. The van der Waals surface area contributed by atoms with E-state index >= 15 is 0 Å². The molecule has 0 aromatic heterocycles. The highest BCUT2D eigenvalue weighted by atomic mass is 16.6. The van der Waals surface area contributed by atoms with E-state index in [9.17, 15) is 14.7 Å². The number of rotatable bonds is 2. The van der Waals surface area contributed by atoms with Crippen molar-refractivity contribution in [3.63, 3.8) is 0 Å². The van der Waals surface area contributed by atoms with Crippen LogP contribution < -0.4 is 0 Å². The SMILES string of the molecule is CC1CCCC(C(=O)O)(C(=O)OC(C)(C)C)C1. The molecule has 1 rings (SSSR count). The first-order valence-electron chi connectivity index (χ1n) is 6.14. The van der Waals surface area contributed by atoms with Gasteiger partial charge in [0.05, 0.1) is 0 Å². The third kappa shape index (κ3) is 3.20. The molecule has 1 aliphatic carbocycles. The van der Waals surface area contributed by atoms with E-state index in [0.717, 1.165) is 12.8 Å². The fraction of sp³-hybridized carbons (Fsp3) is 0.846. The lowest BCUT2D eigenvalue weighted by Gasteiger charge is -2.36. The molecule has 0 aromatic rings. The number of ether oxygens (including phenoxy) is 1. The van der Waals surface area contributed by atoms with Gasteiger partial charge in [-0.3, -0.25) is 9.59 Å². The van der Waals surface area contributed by atoms with Crippen molar-refractivity contribution in [2.75, 3.05) is 0 Å². The van der Waals surface area contributed by atoms with E-state index in [1.165, 1.54) is 0 Å². The molecule has 98 valence electrons. The predicted octanol–water partition coefficient (Wildman–Crippen LogP) is 2.61. The molecule has 1 saturated carbocycles. The summed E-state index contributed by atoms with van der Waals surface area (Å²) in [6.45, 7) is 7.26. The fourth-order valence-corrected chi connectivity index (χ4v) is 2.39. The van der Waals surface area contributed by atoms with E-state index in [2.05, 4.69) is 0 Å². The van der Waals surface area contributed by atoms with Crippen LogP contribution in [0.15, 0.2) is 0 Å². The third-order valence-corrected chi connectivity index (χ3v) is 3.20. The van der Waals surface area contributed by atoms with Crippen molar-refractivity contribution in [1.29, 1.82) is 0 Å². The Hall–Kier alpha value is -1.06. The molecule has 4 nitrogen and oxygen atoms in total. The zero-order valence-corrected chi connectivity index (χ0v) is 11.1. The summed E-state index contributed by atoms with van der Waals surface area (Å²) in [5, 5.41) is 9.37. The number of carboxylic acids is 1. The summed E-state index contributed by atoms with van der Waals surface area (Å²) in [5.41, 5.74) is -1.97. The molecule has 1 N–H and O–H groups in total. The van der Waals surface area contributed by atoms with Crippen LogP contribution in [-0.4, -0.2) is 22.6 Å². The summed E-state index contributed by atoms with van der Waals surface area (Å²) >= 11 is 0. The van der Waals surface area contributed by atoms with Crippen LogP contribution in [0, 0.1) is 11.3 Å². The second-order valence-electron chi connectivity index (χ2n) is 6.09. The smallest absolute Gasteiger partial charge is 0.324 e. The standard InChI is InChI=1S/C13H22O4/c1-9-6-5-7-13(8-9,10(14)15)11(16)17-12(2,3)4/h9H,5-8H2,1-4H3,(H,14,15). The lowest BCUT2D eigenvalue weighted by molar-refractivity contribution is -0.180. The Kier molecular flexibility index (Phi) is 3.84. The first kappa shape index (κ1) is 14.0. The summed E-state index contributed by atoms with van der Waals surface area (Å²) in [4.78, 5) is 23.6. The summed E-state index contributed by atoms with van der Waals surface area (Å²) in [7, 11) is 0. The summed E-state index contributed by atoms with van der Waals surface area (Å²) in [6, 6.07) is 0. The van der Waals surface area contributed by atoms with Gasteiger partial charge in [0.25, 0.3) is 0 Å². The van der Waals surface area contributed by atoms with Crippen LogP contribution in [0.5, 0.6) is 0 Å². The van der Waals surface area contributed by atoms with Crippen LogP contribution >= 0.6 is 0 Å². The molecule has 1 aliphatic rings. The van der Waals surface area contributed by atoms with Crippen molar-refractivity contribution in [2.45, 2.75) is 59.0 Å². The third-order valence-electron chi connectivity index (χ3n) is 3.20. The quantitative estimate of drug-likeness (QED) is 0.597. The van der Waals surface area contributed by atoms with Gasteiger partial charge in [-0.15, -0.1) is 0 Å². The van der Waals surface area contributed by atoms with Gasteiger partial charge in [-0.05, 0) is 39.5 Å². The maximum atomic E-state index is 12.1. The first-order valence-corrected chi connectivity index (χ1v) is 6.14. The summed E-state index contributed by atoms with van der Waals surface area (Å²) in [6.07, 6.45) is 2.53. The Labute approximate surface area is 102 Å². The van der Waals surface area contributed by atoms with Gasteiger partial charge in [-0.2, -0.15) is 0 Å². The molecule has 0 aromatic carbocycles. The molecule has 2 atom stereocenters. The topological polar surface area (TPSA) is 63.6 Å². The minimum absolute atomic E-state index is 0.257. The lowest BCUT2D eigenvalue weighted by atomic mass is 9.70. The van der Waals surface area contributed by atoms with E-state index in [1.54, 1.807) is 20.8 Å². The average molecular weight is 242 g/mol. The van der Waals surface area contributed by atoms with Crippen molar-refractivity contribution in [3.05, 3.63) is 0 Å². The average Bonchev–Trinajstić information content (AvgIpc) is 2.14. The molecule has 0 aliphatic heterocycles. The minimum Gasteiger partial charge on any atom is -0.480 e. The van der Waals surface area contributed by atoms with E-state index < -0.39 is 23.0 Å². The first-order chi connectivity index (χ1) is 7.67. The second kappa shape index (κ2) is 4.67. The molecule has 0 radical (unpaired) electrons. The largest absolute Gasteiger partial charge is 0.480 e. The number of carbonyl (C=O) groups is 2. The molecule has 0 saturated heterocycles. The normalized spacial score (nSPS) is 29.8. The molecular weight excluding hydrogens is 220 g/mol. The van der Waals surface area contributed by atoms with Gasteiger partial charge in [0.1, 0.15) is 5.60 Å². The maximum absolute atomic E-state index is 12.1. The Morgan fingerprint density at radius 3 is 2.35 bits per heavy atom. The van der Waals surface area contributed by atoms with Gasteiger partial charge < -0.3 is 9.84 Å². The lowest BCUT2D eigenvalue weighted by Crippen LogP contribution is -2.46. The van der Waals surface area contributed by atoms with Crippen molar-refractivity contribution >= 4 is 11.9 Å². The summed E-state index contributed by atoms with van der Waals surface area (Å²) < 4.78 is 5.27. The Balaban J connectivity index is 2.92. The molecule has 0 heterocycles. The second-order valence-corrected chi connectivity index (χ2v) is 6.09. The molecular formula is C13H22O4. The van der Waals surface area contributed by atoms with Crippen LogP contribution in [-0.2, 0) is 14.3 Å². The van der Waals surface area contributed by atoms with E-state index in [1.807, 2.05) is 6.92 Å². The van der Waals surface area contributed by atoms with Crippen molar-refractivity contribution in [2.24, 2.45) is 11.3 Å². The van der Waals surface area contributed by atoms with Crippen molar-refractivity contribution in [3.8, 4) is 0 Å². The van der Waals surface area contributed by atoms with Gasteiger partial charge in [-0.25, -0.2) is 0 Å². The molecule has 17 heavy (non-hydrogen) atoms. The van der Waals surface area contributed by atoms with Crippen LogP contribution in [0.3, 0.4) is 0 Å². The molecule has 4 heteroatoms. The number of esters is 1. The number of carbonyl (C=O) groups excluding carboxylic acids is 1. The zero-order chi connectivity index (χ0) is 13.3. The van der Waals surface area contributed by atoms with Crippen molar-refractivity contribution < 1.29 is 19.4 Å². The van der Waals surface area contributed by atoms with Gasteiger partial charge in [0, 0.05) is 0 Å². The van der Waals surface area contributed by atoms with Crippen LogP contribution in [0.25, 0.3) is 0 Å². The van der Waals surface area contributed by atoms with Crippen LogP contribution in [0.4, 0.5) is 0 Å². The van der Waals surface area contributed by atoms with E-state index in [4.69, 9.17) is 4.74 Å². The highest BCUT2D eigenvalue weighted by Gasteiger charge is 2.50. The number of aliphatic carboxylic acids is 1. The Morgan fingerprint density at radius 1 is 1.35 bits per heavy atom. The van der Waals surface area contributed by atoms with E-state index in [0.29, 0.717) is 12.8 Å². The highest BCUT2D eigenvalue weighted by Crippen LogP contribution is 2.41. The Bertz CT molecular complexity index is 316. The molecule has 0 spiro atoms. The van der Waals surface area contributed by atoms with Crippen LogP contribution in [0.2, 0.25) is 0 Å². The van der Waals surface area contributed by atoms with Gasteiger partial charge in [0.15, 0.2) is 5.41 Å². The maximum Gasteiger partial charge on any atom is 0.324 e. The summed E-state index contributed by atoms with van der Waals surface area (Å²) in [5.74, 6) is -1.37. The molecule has 2 unspecified atom stereocenters. The van der Waals surface area contributed by atoms with Gasteiger partial charge >= 0.3 is 11.9 Å². The monoisotopic (exact) mass is 242 g/mol. The fourth-order valence-electron chi connectivity index (χ4n) is 2.39. The Morgan fingerprint density at radius 2 is 1.94 bits per heavy atom. The number of hydrogen-bond donors (Lipinski definition) is 1. The minimum atomic E-state index is -1.33. The molecule has 0 bridgehead atoms. The number of carboxylic acid groups (broad SMARTS) is 1. The highest BCUT2D eigenvalue weighted by molar-refractivity contribution is 5.99. The van der Waals surface area contributed by atoms with Crippen LogP contribution in [0.1, 0.15) is 53.4 Å². The van der Waals surface area contributed by atoms with E-state index in [-0.39, 0.29) is 5.92 Å². The molecule has 1 fully saturated rings. The van der Waals surface area contributed by atoms with Crippen molar-refractivity contribution in [1.82, 2.24) is 0 Å².